The molecule has 1 N–H and O–H groups in total. The Morgan fingerprint density at radius 1 is 1.28 bits per heavy atom. The van der Waals surface area contributed by atoms with Crippen molar-refractivity contribution in [1.29, 1.82) is 0 Å². The minimum absolute atomic E-state index is 0.0161. The molecular weight excluding hydrogens is 309 g/mol. The normalized spacial score (nSPS) is 23.6. The minimum atomic E-state index is -0.0161. The zero-order valence-corrected chi connectivity index (χ0v) is 14.0. The van der Waals surface area contributed by atoms with Crippen molar-refractivity contribution in [3.05, 3.63) is 17.4 Å². The average molecular weight is 329 g/mol. The van der Waals surface area contributed by atoms with Gasteiger partial charge in [-0.25, -0.2) is 0 Å². The Morgan fingerprint density at radius 2 is 1.89 bits per heavy atom. The summed E-state index contributed by atoms with van der Waals surface area (Å²) in [6, 6.07) is 1.74. The summed E-state index contributed by atoms with van der Waals surface area (Å²) in [5.41, 5.74) is 0.390. The van der Waals surface area contributed by atoms with E-state index in [0.717, 1.165) is 4.61 Å². The van der Waals surface area contributed by atoms with Gasteiger partial charge in [0.05, 0.1) is 0 Å². The second kappa shape index (κ2) is 5.11. The van der Waals surface area contributed by atoms with Crippen LogP contribution >= 0.6 is 11.6 Å². The molecule has 2 rings (SSSR count). The van der Waals surface area contributed by atoms with E-state index in [9.17, 15) is 0 Å². The van der Waals surface area contributed by atoms with Gasteiger partial charge in [0.1, 0.15) is 0 Å². The van der Waals surface area contributed by atoms with Crippen LogP contribution in [-0.4, -0.2) is 36.8 Å². The molecule has 1 aliphatic rings. The van der Waals surface area contributed by atoms with Crippen molar-refractivity contribution in [2.75, 3.05) is 0 Å². The van der Waals surface area contributed by atoms with Gasteiger partial charge in [-0.05, 0) is 0 Å². The molecule has 18 heavy (non-hydrogen) atoms. The van der Waals surface area contributed by atoms with Gasteiger partial charge in [0.2, 0.25) is 0 Å². The molecule has 0 atom stereocenters. The molecule has 99 valence electrons. The van der Waals surface area contributed by atoms with Crippen molar-refractivity contribution in [1.82, 2.24) is 15.3 Å². The molecule has 1 aliphatic heterocycles. The number of piperidine rings is 1. The molecule has 1 aromatic heterocycles. The summed E-state index contributed by atoms with van der Waals surface area (Å²) in [7, 11) is 0. The molecule has 0 saturated carbocycles. The van der Waals surface area contributed by atoms with Gasteiger partial charge in [-0.3, -0.25) is 0 Å². The van der Waals surface area contributed by atoms with Crippen LogP contribution in [0.5, 0.6) is 0 Å². The van der Waals surface area contributed by atoms with Crippen LogP contribution in [0.1, 0.15) is 40.5 Å². The van der Waals surface area contributed by atoms with Crippen molar-refractivity contribution >= 4 is 32.0 Å². The quantitative estimate of drug-likeness (QED) is 0.668. The SMILES string of the molecule is CC1(C)CC([As]c2nccc(Cl)n2)CC(C)(C)N1. The van der Waals surface area contributed by atoms with E-state index in [0.29, 0.717) is 9.86 Å². The second-order valence-electron chi connectivity index (χ2n) is 6.26. The first kappa shape index (κ1) is 14.3. The van der Waals surface area contributed by atoms with Crippen molar-refractivity contribution < 1.29 is 0 Å². The summed E-state index contributed by atoms with van der Waals surface area (Å²) in [6.45, 7) is 9.11. The number of nitrogens with one attached hydrogen (secondary N) is 1. The molecule has 0 spiro atoms. The first-order chi connectivity index (χ1) is 8.26. The van der Waals surface area contributed by atoms with E-state index in [4.69, 9.17) is 11.6 Å². The van der Waals surface area contributed by atoms with Crippen LogP contribution < -0.4 is 9.93 Å². The molecule has 0 aromatic carbocycles. The van der Waals surface area contributed by atoms with E-state index in [-0.39, 0.29) is 26.8 Å². The van der Waals surface area contributed by atoms with Gasteiger partial charge in [0.25, 0.3) is 0 Å². The zero-order valence-electron chi connectivity index (χ0n) is 11.4. The average Bonchev–Trinajstić information content (AvgIpc) is 2.11. The van der Waals surface area contributed by atoms with Crippen LogP contribution in [0.25, 0.3) is 0 Å². The molecule has 1 radical (unpaired) electrons. The monoisotopic (exact) mass is 328 g/mol. The molecule has 1 aromatic rings. The third-order valence-corrected chi connectivity index (χ3v) is 5.75. The number of hydrogen-bond acceptors (Lipinski definition) is 3. The summed E-state index contributed by atoms with van der Waals surface area (Å²) in [6.07, 6.45) is 4.14. The third kappa shape index (κ3) is 3.94. The molecule has 0 aliphatic carbocycles. The van der Waals surface area contributed by atoms with Gasteiger partial charge in [-0.1, -0.05) is 0 Å². The van der Waals surface area contributed by atoms with Crippen molar-refractivity contribution in [3.8, 4) is 0 Å². The van der Waals surface area contributed by atoms with Crippen LogP contribution in [0.2, 0.25) is 9.86 Å². The van der Waals surface area contributed by atoms with Crippen molar-refractivity contribution in [2.45, 2.75) is 56.3 Å². The molecule has 1 saturated heterocycles. The summed E-state index contributed by atoms with van der Waals surface area (Å²) in [5.74, 6) is 0. The fourth-order valence-corrected chi connectivity index (χ4v) is 6.79. The fraction of sp³-hybridized carbons (Fsp3) is 0.692. The van der Waals surface area contributed by atoms with Crippen LogP contribution in [-0.2, 0) is 0 Å². The van der Waals surface area contributed by atoms with Crippen LogP contribution in [0.3, 0.4) is 0 Å². The number of halogens is 1. The summed E-state index contributed by atoms with van der Waals surface area (Å²) >= 11 is 5.91. The molecule has 0 bridgehead atoms. The Balaban J connectivity index is 2.09. The van der Waals surface area contributed by atoms with Crippen molar-refractivity contribution in [3.63, 3.8) is 0 Å². The van der Waals surface area contributed by atoms with Crippen LogP contribution in [0.4, 0.5) is 0 Å². The van der Waals surface area contributed by atoms with Gasteiger partial charge < -0.3 is 0 Å². The van der Waals surface area contributed by atoms with Crippen molar-refractivity contribution in [2.24, 2.45) is 0 Å². The summed E-state index contributed by atoms with van der Waals surface area (Å²) < 4.78 is 1.66. The molecule has 5 heteroatoms. The van der Waals surface area contributed by atoms with E-state index in [2.05, 4.69) is 43.0 Å². The van der Waals surface area contributed by atoms with E-state index in [1.807, 2.05) is 0 Å². The van der Waals surface area contributed by atoms with Gasteiger partial charge in [-0.15, -0.1) is 0 Å². The van der Waals surface area contributed by atoms with E-state index in [1.165, 1.54) is 12.8 Å². The number of nitrogens with zero attached hydrogens (tertiary/aromatic N) is 2. The first-order valence-corrected chi connectivity index (χ1v) is 8.65. The third-order valence-electron chi connectivity index (χ3n) is 3.08. The van der Waals surface area contributed by atoms with E-state index in [1.54, 1.807) is 12.3 Å². The van der Waals surface area contributed by atoms with Gasteiger partial charge >= 0.3 is 121 Å². The Labute approximate surface area is 121 Å². The van der Waals surface area contributed by atoms with Gasteiger partial charge in [0, 0.05) is 0 Å². The van der Waals surface area contributed by atoms with Gasteiger partial charge in [-0.2, -0.15) is 0 Å². The number of rotatable bonds is 2. The Bertz CT molecular complexity index is 418. The predicted molar refractivity (Wildman–Crippen MR) is 76.7 cm³/mol. The number of aromatic nitrogens is 2. The Hall–Kier alpha value is -0.112. The molecule has 0 unspecified atom stereocenters. The molecule has 3 nitrogen and oxygen atoms in total. The van der Waals surface area contributed by atoms with Crippen LogP contribution in [0.15, 0.2) is 12.3 Å². The standard InChI is InChI=1S/C13H20AsClN3/c1-12(2)7-9(8-13(3,4)18-12)14-11-16-6-5-10(15)17-11/h5-6,9,18H,7-8H2,1-4H3. The fourth-order valence-electron chi connectivity index (χ4n) is 2.91. The summed E-state index contributed by atoms with van der Waals surface area (Å²) in [4.78, 5) is 8.69. The maximum atomic E-state index is 5.93. The zero-order chi connectivity index (χ0) is 13.4. The topological polar surface area (TPSA) is 37.8 Å². The van der Waals surface area contributed by atoms with Gasteiger partial charge in [0.15, 0.2) is 0 Å². The molecular formula is C13H20AsClN3. The first-order valence-electron chi connectivity index (χ1n) is 6.25. The Morgan fingerprint density at radius 3 is 2.44 bits per heavy atom. The second-order valence-corrected chi connectivity index (χ2v) is 9.56. The number of hydrogen-bond donors (Lipinski definition) is 1. The molecule has 2 heterocycles. The predicted octanol–water partition coefficient (Wildman–Crippen LogP) is 2.19. The van der Waals surface area contributed by atoms with E-state index < -0.39 is 0 Å². The molecule has 1 fully saturated rings. The summed E-state index contributed by atoms with van der Waals surface area (Å²) in [5, 5.41) is 4.27. The Kier molecular flexibility index (Phi) is 4.06. The van der Waals surface area contributed by atoms with Crippen LogP contribution in [0, 0.1) is 0 Å². The molecule has 0 amide bonds. The maximum absolute atomic E-state index is 5.93. The van der Waals surface area contributed by atoms with E-state index >= 15 is 0 Å².